The van der Waals surface area contributed by atoms with Crippen LogP contribution in [0, 0.1) is 6.92 Å². The van der Waals surface area contributed by atoms with Gasteiger partial charge in [0, 0.05) is 11.9 Å². The van der Waals surface area contributed by atoms with Crippen molar-refractivity contribution < 1.29 is 0 Å². The average molecular weight is 254 g/mol. The summed E-state index contributed by atoms with van der Waals surface area (Å²) in [7, 11) is 1.99. The quantitative estimate of drug-likeness (QED) is 0.794. The minimum Gasteiger partial charge on any atom is -0.313 e. The van der Waals surface area contributed by atoms with Crippen molar-refractivity contribution in [1.29, 1.82) is 0 Å². The largest absolute Gasteiger partial charge is 0.313 e. The van der Waals surface area contributed by atoms with E-state index in [9.17, 15) is 0 Å². The Morgan fingerprint density at radius 3 is 2.35 bits per heavy atom. The predicted molar refractivity (Wildman–Crippen MR) is 77.0 cm³/mol. The molecule has 0 spiro atoms. The highest BCUT2D eigenvalue weighted by Gasteiger charge is 2.16. The normalized spacial score (nSPS) is 13.8. The van der Waals surface area contributed by atoms with Gasteiger partial charge in [0.25, 0.3) is 0 Å². The zero-order valence-electron chi connectivity index (χ0n) is 11.6. The minimum atomic E-state index is 0.213. The van der Waals surface area contributed by atoms with Crippen molar-refractivity contribution in [3.63, 3.8) is 0 Å². The Hall–Kier alpha value is -0.530. The van der Waals surface area contributed by atoms with Crippen LogP contribution in [0.25, 0.3) is 0 Å². The van der Waals surface area contributed by atoms with Gasteiger partial charge < -0.3 is 5.32 Å². The van der Waals surface area contributed by atoms with Gasteiger partial charge in [0.2, 0.25) is 0 Å². The molecular formula is C15H24ClN. The van der Waals surface area contributed by atoms with Crippen molar-refractivity contribution in [2.45, 2.75) is 45.6 Å². The fourth-order valence-corrected chi connectivity index (χ4v) is 2.32. The first kappa shape index (κ1) is 14.5. The van der Waals surface area contributed by atoms with E-state index >= 15 is 0 Å². The number of aryl methyl sites for hydroxylation is 1. The number of hydrogen-bond donors (Lipinski definition) is 1. The molecule has 1 atom stereocenters. The Labute approximate surface area is 111 Å². The Morgan fingerprint density at radius 2 is 1.94 bits per heavy atom. The molecule has 0 amide bonds. The van der Waals surface area contributed by atoms with E-state index in [0.717, 1.165) is 6.42 Å². The first-order valence-electron chi connectivity index (χ1n) is 6.24. The van der Waals surface area contributed by atoms with Crippen LogP contribution in [-0.2, 0) is 5.41 Å². The van der Waals surface area contributed by atoms with E-state index in [1.165, 1.54) is 16.7 Å². The van der Waals surface area contributed by atoms with E-state index in [2.05, 4.69) is 51.2 Å². The van der Waals surface area contributed by atoms with Gasteiger partial charge in [-0.05, 0) is 42.5 Å². The lowest BCUT2D eigenvalue weighted by Crippen LogP contribution is -2.19. The number of nitrogens with one attached hydrogen (secondary N) is 1. The smallest absolute Gasteiger partial charge is 0.0331 e. The third-order valence-electron chi connectivity index (χ3n) is 3.26. The third-order valence-corrected chi connectivity index (χ3v) is 3.48. The van der Waals surface area contributed by atoms with Gasteiger partial charge in [-0.15, -0.1) is 11.6 Å². The van der Waals surface area contributed by atoms with Crippen molar-refractivity contribution in [2.24, 2.45) is 0 Å². The zero-order chi connectivity index (χ0) is 13.1. The van der Waals surface area contributed by atoms with E-state index in [0.29, 0.717) is 11.9 Å². The molecule has 0 saturated heterocycles. The van der Waals surface area contributed by atoms with Gasteiger partial charge in [0.1, 0.15) is 0 Å². The topological polar surface area (TPSA) is 12.0 Å². The molecule has 0 heterocycles. The molecule has 1 nitrogen and oxygen atoms in total. The van der Waals surface area contributed by atoms with E-state index in [4.69, 9.17) is 11.6 Å². The lowest BCUT2D eigenvalue weighted by atomic mass is 9.84. The van der Waals surface area contributed by atoms with Gasteiger partial charge >= 0.3 is 0 Å². The molecule has 0 saturated carbocycles. The monoisotopic (exact) mass is 253 g/mol. The van der Waals surface area contributed by atoms with Gasteiger partial charge in [-0.2, -0.15) is 0 Å². The lowest BCUT2D eigenvalue weighted by Gasteiger charge is -2.23. The summed E-state index contributed by atoms with van der Waals surface area (Å²) in [5.41, 5.74) is 4.31. The number of benzene rings is 1. The van der Waals surface area contributed by atoms with Crippen LogP contribution in [0.5, 0.6) is 0 Å². The van der Waals surface area contributed by atoms with E-state index < -0.39 is 0 Å². The molecule has 1 unspecified atom stereocenters. The first-order chi connectivity index (χ1) is 7.90. The van der Waals surface area contributed by atoms with Crippen molar-refractivity contribution in [3.05, 3.63) is 34.9 Å². The molecule has 0 bridgehead atoms. The zero-order valence-corrected chi connectivity index (χ0v) is 12.4. The van der Waals surface area contributed by atoms with Crippen LogP contribution in [-0.4, -0.2) is 12.9 Å². The van der Waals surface area contributed by atoms with Crippen molar-refractivity contribution >= 4 is 11.6 Å². The van der Waals surface area contributed by atoms with E-state index in [1.807, 2.05) is 7.05 Å². The number of alkyl halides is 1. The van der Waals surface area contributed by atoms with Crippen molar-refractivity contribution in [2.75, 3.05) is 12.9 Å². The van der Waals surface area contributed by atoms with Crippen LogP contribution in [0.2, 0.25) is 0 Å². The first-order valence-corrected chi connectivity index (χ1v) is 6.78. The maximum absolute atomic E-state index is 5.84. The summed E-state index contributed by atoms with van der Waals surface area (Å²) in [6.45, 7) is 8.92. The van der Waals surface area contributed by atoms with Crippen LogP contribution in [0.4, 0.5) is 0 Å². The summed E-state index contributed by atoms with van der Waals surface area (Å²) < 4.78 is 0. The summed E-state index contributed by atoms with van der Waals surface area (Å²) in [6, 6.07) is 7.14. The molecule has 17 heavy (non-hydrogen) atoms. The molecule has 96 valence electrons. The standard InChI is InChI=1S/C15H24ClN/c1-11-10-12(15(2,3)4)6-7-13(11)14(17-5)8-9-16/h6-7,10,14,17H,8-9H2,1-5H3. The maximum Gasteiger partial charge on any atom is 0.0331 e. The second kappa shape index (κ2) is 5.88. The third kappa shape index (κ3) is 3.72. The van der Waals surface area contributed by atoms with Crippen LogP contribution in [0.15, 0.2) is 18.2 Å². The van der Waals surface area contributed by atoms with Gasteiger partial charge in [-0.3, -0.25) is 0 Å². The second-order valence-electron chi connectivity index (χ2n) is 5.64. The summed E-state index contributed by atoms with van der Waals surface area (Å²) in [5.74, 6) is 0.686. The summed E-state index contributed by atoms with van der Waals surface area (Å²) in [5, 5.41) is 3.33. The molecule has 0 aliphatic carbocycles. The van der Waals surface area contributed by atoms with Crippen molar-refractivity contribution in [3.8, 4) is 0 Å². The summed E-state index contributed by atoms with van der Waals surface area (Å²) in [6.07, 6.45) is 0.966. The molecule has 0 aliphatic rings. The summed E-state index contributed by atoms with van der Waals surface area (Å²) >= 11 is 5.84. The molecular weight excluding hydrogens is 230 g/mol. The molecule has 1 aromatic rings. The lowest BCUT2D eigenvalue weighted by molar-refractivity contribution is 0.569. The Kier molecular flexibility index (Phi) is 5.03. The number of hydrogen-bond acceptors (Lipinski definition) is 1. The van der Waals surface area contributed by atoms with E-state index in [1.54, 1.807) is 0 Å². The van der Waals surface area contributed by atoms with Gasteiger partial charge in [0.05, 0.1) is 0 Å². The Morgan fingerprint density at radius 1 is 1.29 bits per heavy atom. The Balaban J connectivity index is 3.04. The van der Waals surface area contributed by atoms with Gasteiger partial charge in [-0.25, -0.2) is 0 Å². The molecule has 1 rings (SSSR count). The fourth-order valence-electron chi connectivity index (χ4n) is 2.10. The minimum absolute atomic E-state index is 0.213. The van der Waals surface area contributed by atoms with Gasteiger partial charge in [-0.1, -0.05) is 39.0 Å². The Bertz CT molecular complexity index is 366. The molecule has 0 fully saturated rings. The van der Waals surface area contributed by atoms with Crippen LogP contribution >= 0.6 is 11.6 Å². The molecule has 1 N–H and O–H groups in total. The van der Waals surface area contributed by atoms with E-state index in [-0.39, 0.29) is 5.41 Å². The molecule has 0 aliphatic heterocycles. The molecule has 1 aromatic carbocycles. The van der Waals surface area contributed by atoms with Crippen molar-refractivity contribution in [1.82, 2.24) is 5.32 Å². The van der Waals surface area contributed by atoms with Crippen LogP contribution in [0.1, 0.15) is 49.9 Å². The predicted octanol–water partition coefficient (Wildman–Crippen LogP) is 4.18. The summed E-state index contributed by atoms with van der Waals surface area (Å²) in [4.78, 5) is 0. The SMILES string of the molecule is CNC(CCCl)c1ccc(C(C)(C)C)cc1C. The molecule has 0 radical (unpaired) electrons. The highest BCUT2D eigenvalue weighted by atomic mass is 35.5. The highest BCUT2D eigenvalue weighted by Crippen LogP contribution is 2.27. The number of halogens is 1. The second-order valence-corrected chi connectivity index (χ2v) is 6.02. The average Bonchev–Trinajstić information content (AvgIpc) is 2.25. The molecule has 0 aromatic heterocycles. The van der Waals surface area contributed by atoms with Crippen LogP contribution < -0.4 is 5.32 Å². The highest BCUT2D eigenvalue weighted by molar-refractivity contribution is 6.17. The number of rotatable bonds is 4. The maximum atomic E-state index is 5.84. The fraction of sp³-hybridized carbons (Fsp3) is 0.600. The van der Waals surface area contributed by atoms with Crippen LogP contribution in [0.3, 0.4) is 0 Å². The molecule has 2 heteroatoms. The van der Waals surface area contributed by atoms with Gasteiger partial charge in [0.15, 0.2) is 0 Å².